The van der Waals surface area contributed by atoms with Crippen molar-refractivity contribution in [3.05, 3.63) is 18.2 Å². The molecule has 1 aromatic rings. The van der Waals surface area contributed by atoms with Crippen LogP contribution in [0.1, 0.15) is 19.3 Å². The smallest absolute Gasteiger partial charge is 0.240 e. The molecule has 1 atom stereocenters. The van der Waals surface area contributed by atoms with Gasteiger partial charge in [-0.05, 0) is 19.3 Å². The predicted molar refractivity (Wildman–Crippen MR) is 95.3 cm³/mol. The number of benzene rings is 1. The van der Waals surface area contributed by atoms with Crippen molar-refractivity contribution in [2.24, 2.45) is 5.73 Å². The van der Waals surface area contributed by atoms with E-state index in [4.69, 9.17) is 19.9 Å². The highest BCUT2D eigenvalue weighted by Gasteiger charge is 2.37. The summed E-state index contributed by atoms with van der Waals surface area (Å²) in [6.45, 7) is 2.70. The molecule has 138 valence electrons. The molecule has 3 rings (SSSR count). The Morgan fingerprint density at radius 2 is 1.88 bits per heavy atom. The first kappa shape index (κ1) is 17.8. The number of hydrogen-bond donors (Lipinski definition) is 2. The zero-order chi connectivity index (χ0) is 17.9. The Hall–Kier alpha value is -1.99. The van der Waals surface area contributed by atoms with Crippen molar-refractivity contribution in [2.45, 2.75) is 30.8 Å². The highest BCUT2D eigenvalue weighted by atomic mass is 16.5. The van der Waals surface area contributed by atoms with Crippen molar-refractivity contribution < 1.29 is 19.0 Å². The average molecular weight is 349 g/mol. The van der Waals surface area contributed by atoms with Gasteiger partial charge in [-0.25, -0.2) is 0 Å². The van der Waals surface area contributed by atoms with Crippen molar-refractivity contribution in [3.63, 3.8) is 0 Å². The first-order valence-corrected chi connectivity index (χ1v) is 8.70. The van der Waals surface area contributed by atoms with Gasteiger partial charge in [0, 0.05) is 56.2 Å². The van der Waals surface area contributed by atoms with E-state index in [9.17, 15) is 4.79 Å². The fourth-order valence-electron chi connectivity index (χ4n) is 3.38. The van der Waals surface area contributed by atoms with E-state index in [2.05, 4.69) is 10.2 Å². The number of ether oxygens (including phenoxy) is 3. The van der Waals surface area contributed by atoms with E-state index < -0.39 is 5.54 Å². The first-order chi connectivity index (χ1) is 12.0. The molecule has 0 saturated carbocycles. The number of amides is 1. The summed E-state index contributed by atoms with van der Waals surface area (Å²) in [5.74, 6) is 1.45. The maximum absolute atomic E-state index is 12.6. The van der Waals surface area contributed by atoms with E-state index in [1.165, 1.54) is 0 Å². The molecule has 0 spiro atoms. The van der Waals surface area contributed by atoms with Gasteiger partial charge in [-0.2, -0.15) is 0 Å². The fraction of sp³-hybridized carbons (Fsp3) is 0.611. The quantitative estimate of drug-likeness (QED) is 0.822. The number of anilines is 1. The number of carbonyl (C=O) groups excluding carboxylic acids is 1. The van der Waals surface area contributed by atoms with Crippen molar-refractivity contribution in [1.82, 2.24) is 5.32 Å². The summed E-state index contributed by atoms with van der Waals surface area (Å²) < 4.78 is 16.0. The Balaban J connectivity index is 1.63. The molecule has 1 amide bonds. The standard InChI is InChI=1S/C18H27N3O4/c1-23-15-9-14(10-16(11-15)24-2)21-6-3-13(12-21)20-17(22)18(19)4-7-25-8-5-18/h9-11,13H,3-8,12,19H2,1-2H3,(H,20,22). The number of carbonyl (C=O) groups is 1. The molecule has 25 heavy (non-hydrogen) atoms. The molecular formula is C18H27N3O4. The van der Waals surface area contributed by atoms with Crippen LogP contribution in [0.4, 0.5) is 5.69 Å². The van der Waals surface area contributed by atoms with Gasteiger partial charge in [0.2, 0.25) is 5.91 Å². The van der Waals surface area contributed by atoms with E-state index in [1.54, 1.807) is 14.2 Å². The van der Waals surface area contributed by atoms with E-state index in [0.29, 0.717) is 26.1 Å². The summed E-state index contributed by atoms with van der Waals surface area (Å²) >= 11 is 0. The van der Waals surface area contributed by atoms with Gasteiger partial charge in [-0.15, -0.1) is 0 Å². The Kier molecular flexibility index (Phi) is 5.34. The second-order valence-electron chi connectivity index (χ2n) is 6.74. The second-order valence-corrected chi connectivity index (χ2v) is 6.74. The maximum atomic E-state index is 12.6. The Bertz CT molecular complexity index is 594. The Morgan fingerprint density at radius 3 is 2.48 bits per heavy atom. The minimum atomic E-state index is -0.801. The number of nitrogens with two attached hydrogens (primary N) is 1. The molecule has 0 aliphatic carbocycles. The highest BCUT2D eigenvalue weighted by Crippen LogP contribution is 2.30. The summed E-state index contributed by atoms with van der Waals surface area (Å²) in [7, 11) is 3.28. The third-order valence-electron chi connectivity index (χ3n) is 5.06. The van der Waals surface area contributed by atoms with Crippen LogP contribution in [0.2, 0.25) is 0 Å². The molecule has 0 bridgehead atoms. The van der Waals surface area contributed by atoms with Gasteiger partial charge < -0.3 is 30.2 Å². The number of nitrogens with one attached hydrogen (secondary N) is 1. The lowest BCUT2D eigenvalue weighted by atomic mass is 9.90. The maximum Gasteiger partial charge on any atom is 0.240 e. The summed E-state index contributed by atoms with van der Waals surface area (Å²) in [4.78, 5) is 14.8. The van der Waals surface area contributed by atoms with Crippen molar-refractivity contribution in [2.75, 3.05) is 45.4 Å². The van der Waals surface area contributed by atoms with Crippen LogP contribution in [0.3, 0.4) is 0 Å². The second kappa shape index (κ2) is 7.49. The van der Waals surface area contributed by atoms with E-state index >= 15 is 0 Å². The van der Waals surface area contributed by atoms with Crippen LogP contribution in [-0.2, 0) is 9.53 Å². The van der Waals surface area contributed by atoms with Gasteiger partial charge in [0.05, 0.1) is 19.8 Å². The number of hydrogen-bond acceptors (Lipinski definition) is 6. The van der Waals surface area contributed by atoms with Gasteiger partial charge >= 0.3 is 0 Å². The van der Waals surface area contributed by atoms with Crippen molar-refractivity contribution >= 4 is 11.6 Å². The minimum Gasteiger partial charge on any atom is -0.497 e. The number of nitrogens with zero attached hydrogens (tertiary/aromatic N) is 1. The number of rotatable bonds is 5. The van der Waals surface area contributed by atoms with Gasteiger partial charge in [-0.3, -0.25) is 4.79 Å². The van der Waals surface area contributed by atoms with Crippen LogP contribution < -0.4 is 25.4 Å². The molecule has 0 aromatic heterocycles. The molecule has 7 heteroatoms. The van der Waals surface area contributed by atoms with Crippen LogP contribution in [0.25, 0.3) is 0 Å². The Labute approximate surface area is 148 Å². The zero-order valence-corrected chi connectivity index (χ0v) is 14.9. The van der Waals surface area contributed by atoms with Crippen LogP contribution in [0, 0.1) is 0 Å². The molecule has 1 unspecified atom stereocenters. The first-order valence-electron chi connectivity index (χ1n) is 8.70. The lowest BCUT2D eigenvalue weighted by Crippen LogP contribution is -2.59. The van der Waals surface area contributed by atoms with Gasteiger partial charge in [0.15, 0.2) is 0 Å². The molecule has 2 fully saturated rings. The van der Waals surface area contributed by atoms with Crippen LogP contribution in [-0.4, -0.2) is 58.0 Å². The summed E-state index contributed by atoms with van der Waals surface area (Å²) in [5, 5.41) is 3.12. The van der Waals surface area contributed by atoms with Gasteiger partial charge in [0.25, 0.3) is 0 Å². The zero-order valence-electron chi connectivity index (χ0n) is 14.9. The minimum absolute atomic E-state index is 0.0640. The largest absolute Gasteiger partial charge is 0.497 e. The van der Waals surface area contributed by atoms with E-state index in [0.717, 1.165) is 36.7 Å². The van der Waals surface area contributed by atoms with Crippen LogP contribution >= 0.6 is 0 Å². The average Bonchev–Trinajstić information content (AvgIpc) is 3.10. The highest BCUT2D eigenvalue weighted by molar-refractivity contribution is 5.86. The third kappa shape index (κ3) is 3.99. The molecular weight excluding hydrogens is 322 g/mol. The lowest BCUT2D eigenvalue weighted by Gasteiger charge is -2.33. The summed E-state index contributed by atoms with van der Waals surface area (Å²) in [6, 6.07) is 5.90. The fourth-order valence-corrected chi connectivity index (χ4v) is 3.38. The molecule has 1 aromatic carbocycles. The molecule has 0 radical (unpaired) electrons. The third-order valence-corrected chi connectivity index (χ3v) is 5.06. The van der Waals surface area contributed by atoms with Crippen LogP contribution in [0.15, 0.2) is 18.2 Å². The molecule has 2 aliphatic heterocycles. The predicted octanol–water partition coefficient (Wildman–Crippen LogP) is 0.907. The summed E-state index contributed by atoms with van der Waals surface area (Å²) in [5.41, 5.74) is 6.49. The molecule has 3 N–H and O–H groups in total. The topological polar surface area (TPSA) is 86.1 Å². The molecule has 2 heterocycles. The summed E-state index contributed by atoms with van der Waals surface area (Å²) in [6.07, 6.45) is 2.03. The molecule has 7 nitrogen and oxygen atoms in total. The Morgan fingerprint density at radius 1 is 1.24 bits per heavy atom. The van der Waals surface area contributed by atoms with E-state index in [1.807, 2.05) is 18.2 Å². The van der Waals surface area contributed by atoms with Crippen molar-refractivity contribution in [1.29, 1.82) is 0 Å². The number of methoxy groups -OCH3 is 2. The van der Waals surface area contributed by atoms with E-state index in [-0.39, 0.29) is 11.9 Å². The van der Waals surface area contributed by atoms with Gasteiger partial charge in [0.1, 0.15) is 11.5 Å². The normalized spacial score (nSPS) is 22.5. The van der Waals surface area contributed by atoms with Crippen molar-refractivity contribution in [3.8, 4) is 11.5 Å². The SMILES string of the molecule is COc1cc(OC)cc(N2CCC(NC(=O)C3(N)CCOCC3)C2)c1. The molecule has 2 aliphatic rings. The monoisotopic (exact) mass is 349 g/mol. The van der Waals surface area contributed by atoms with Gasteiger partial charge in [-0.1, -0.05) is 0 Å². The lowest BCUT2D eigenvalue weighted by molar-refractivity contribution is -0.130. The van der Waals surface area contributed by atoms with Crippen LogP contribution in [0.5, 0.6) is 11.5 Å². The molecule has 2 saturated heterocycles.